The van der Waals surface area contributed by atoms with Crippen LogP contribution in [0.5, 0.6) is 11.5 Å². The van der Waals surface area contributed by atoms with Crippen molar-refractivity contribution in [3.8, 4) is 11.5 Å². The molecule has 0 saturated carbocycles. The van der Waals surface area contributed by atoms with E-state index in [2.05, 4.69) is 37.2 Å². The topological polar surface area (TPSA) is 47.6 Å². The molecule has 0 aliphatic carbocycles. The number of rotatable bonds is 4. The van der Waals surface area contributed by atoms with Crippen LogP contribution in [0.4, 0.5) is 4.39 Å². The molecule has 1 atom stereocenters. The minimum Gasteiger partial charge on any atom is -0.493 e. The molecule has 0 saturated heterocycles. The van der Waals surface area contributed by atoms with Gasteiger partial charge in [-0.05, 0) is 36.4 Å². The van der Waals surface area contributed by atoms with Crippen LogP contribution >= 0.6 is 31.9 Å². The quantitative estimate of drug-likeness (QED) is 0.739. The van der Waals surface area contributed by atoms with E-state index < -0.39 is 5.82 Å². The summed E-state index contributed by atoms with van der Waals surface area (Å²) in [4.78, 5) is 12.1. The molecule has 1 aliphatic heterocycles. The van der Waals surface area contributed by atoms with Crippen molar-refractivity contribution >= 4 is 37.8 Å². The lowest BCUT2D eigenvalue weighted by Crippen LogP contribution is -2.35. The summed E-state index contributed by atoms with van der Waals surface area (Å²) in [5, 5.41) is 2.91. The molecule has 1 N–H and O–H groups in total. The SMILES string of the molecule is O=C(COc1ccc(Br)cc1F)NC1CCOc2ccc(Br)cc21. The summed E-state index contributed by atoms with van der Waals surface area (Å²) in [5.41, 5.74) is 0.916. The number of benzene rings is 2. The molecule has 3 rings (SSSR count). The van der Waals surface area contributed by atoms with E-state index in [-0.39, 0.29) is 24.3 Å². The number of carbonyl (C=O) groups is 1. The minimum absolute atomic E-state index is 0.0449. The summed E-state index contributed by atoms with van der Waals surface area (Å²) in [6.07, 6.45) is 0.668. The Balaban J connectivity index is 1.63. The summed E-state index contributed by atoms with van der Waals surface area (Å²) in [6, 6.07) is 9.95. The van der Waals surface area contributed by atoms with Gasteiger partial charge in [0.05, 0.1) is 12.6 Å². The molecular weight excluding hydrogens is 445 g/mol. The van der Waals surface area contributed by atoms with E-state index in [9.17, 15) is 9.18 Å². The first-order valence-corrected chi connectivity index (χ1v) is 8.91. The number of amides is 1. The molecule has 1 heterocycles. The van der Waals surface area contributed by atoms with Gasteiger partial charge in [0.15, 0.2) is 18.2 Å². The Morgan fingerprint density at radius 1 is 1.25 bits per heavy atom. The van der Waals surface area contributed by atoms with Crippen LogP contribution in [-0.2, 0) is 4.79 Å². The van der Waals surface area contributed by atoms with Gasteiger partial charge in [0.1, 0.15) is 5.75 Å². The Bertz CT molecular complexity index is 769. The zero-order chi connectivity index (χ0) is 17.1. The van der Waals surface area contributed by atoms with E-state index in [4.69, 9.17) is 9.47 Å². The van der Waals surface area contributed by atoms with Gasteiger partial charge < -0.3 is 14.8 Å². The number of hydrogen-bond donors (Lipinski definition) is 1. The Kier molecular flexibility index (Phi) is 5.40. The first-order chi connectivity index (χ1) is 11.5. The number of fused-ring (bicyclic) bond motifs is 1. The Morgan fingerprint density at radius 3 is 2.79 bits per heavy atom. The first kappa shape index (κ1) is 17.2. The van der Waals surface area contributed by atoms with E-state index in [1.807, 2.05) is 18.2 Å². The fourth-order valence-corrected chi connectivity index (χ4v) is 3.20. The summed E-state index contributed by atoms with van der Waals surface area (Å²) < 4.78 is 26.1. The third-order valence-corrected chi connectivity index (χ3v) is 4.59. The monoisotopic (exact) mass is 457 g/mol. The molecule has 4 nitrogen and oxygen atoms in total. The van der Waals surface area contributed by atoms with Crippen molar-refractivity contribution in [3.63, 3.8) is 0 Å². The second-order valence-corrected chi connectivity index (χ2v) is 7.13. The van der Waals surface area contributed by atoms with Gasteiger partial charge in [-0.25, -0.2) is 4.39 Å². The summed E-state index contributed by atoms with van der Waals surface area (Å²) in [7, 11) is 0. The third-order valence-electron chi connectivity index (χ3n) is 3.60. The summed E-state index contributed by atoms with van der Waals surface area (Å²) >= 11 is 6.59. The van der Waals surface area contributed by atoms with Crippen molar-refractivity contribution in [2.45, 2.75) is 12.5 Å². The first-order valence-electron chi connectivity index (χ1n) is 7.32. The molecule has 24 heavy (non-hydrogen) atoms. The highest BCUT2D eigenvalue weighted by Crippen LogP contribution is 2.34. The van der Waals surface area contributed by atoms with Crippen molar-refractivity contribution in [1.82, 2.24) is 5.32 Å². The molecule has 1 aliphatic rings. The summed E-state index contributed by atoms with van der Waals surface area (Å²) in [6.45, 7) is 0.279. The largest absolute Gasteiger partial charge is 0.493 e. The second-order valence-electron chi connectivity index (χ2n) is 5.30. The molecule has 0 fully saturated rings. The smallest absolute Gasteiger partial charge is 0.258 e. The van der Waals surface area contributed by atoms with Gasteiger partial charge in [-0.1, -0.05) is 31.9 Å². The standard InChI is InChI=1S/C17H14Br2FNO3/c18-10-1-3-15-12(7-10)14(5-6-23-15)21-17(22)9-24-16-4-2-11(19)8-13(16)20/h1-4,7-8,14H,5-6,9H2,(H,21,22). The van der Waals surface area contributed by atoms with Gasteiger partial charge in [-0.15, -0.1) is 0 Å². The fourth-order valence-electron chi connectivity index (χ4n) is 2.49. The molecular formula is C17H14Br2FNO3. The second kappa shape index (κ2) is 7.53. The number of halogens is 3. The van der Waals surface area contributed by atoms with Gasteiger partial charge in [-0.3, -0.25) is 4.79 Å². The normalized spacial score (nSPS) is 16.0. The lowest BCUT2D eigenvalue weighted by molar-refractivity contribution is -0.124. The molecule has 2 aromatic rings. The van der Waals surface area contributed by atoms with Gasteiger partial charge in [0, 0.05) is 20.9 Å². The van der Waals surface area contributed by atoms with Gasteiger partial charge in [-0.2, -0.15) is 0 Å². The van der Waals surface area contributed by atoms with Crippen molar-refractivity contribution in [3.05, 3.63) is 56.7 Å². The van der Waals surface area contributed by atoms with Crippen molar-refractivity contribution in [2.75, 3.05) is 13.2 Å². The molecule has 0 aromatic heterocycles. The Labute approximate surface area is 155 Å². The number of hydrogen-bond acceptors (Lipinski definition) is 3. The van der Waals surface area contributed by atoms with E-state index in [1.54, 1.807) is 6.07 Å². The predicted molar refractivity (Wildman–Crippen MR) is 94.7 cm³/mol. The third kappa shape index (κ3) is 4.08. The van der Waals surface area contributed by atoms with Crippen LogP contribution in [0.3, 0.4) is 0 Å². The van der Waals surface area contributed by atoms with Crippen LogP contribution in [0.15, 0.2) is 45.3 Å². The number of nitrogens with one attached hydrogen (secondary N) is 1. The highest BCUT2D eigenvalue weighted by atomic mass is 79.9. The van der Waals surface area contributed by atoms with Crippen LogP contribution in [-0.4, -0.2) is 19.1 Å². The zero-order valence-corrected chi connectivity index (χ0v) is 15.7. The Hall–Kier alpha value is -1.60. The Morgan fingerprint density at radius 2 is 2.00 bits per heavy atom. The molecule has 0 radical (unpaired) electrons. The molecule has 2 aromatic carbocycles. The molecule has 7 heteroatoms. The highest BCUT2D eigenvalue weighted by Gasteiger charge is 2.23. The molecule has 0 bridgehead atoms. The average Bonchev–Trinajstić information content (AvgIpc) is 2.54. The molecule has 0 spiro atoms. The van der Waals surface area contributed by atoms with E-state index in [1.165, 1.54) is 12.1 Å². The maximum absolute atomic E-state index is 13.7. The highest BCUT2D eigenvalue weighted by molar-refractivity contribution is 9.10. The van der Waals surface area contributed by atoms with E-state index >= 15 is 0 Å². The van der Waals surface area contributed by atoms with Crippen LogP contribution in [0, 0.1) is 5.82 Å². The van der Waals surface area contributed by atoms with E-state index in [0.29, 0.717) is 17.5 Å². The molecule has 126 valence electrons. The van der Waals surface area contributed by atoms with Gasteiger partial charge in [0.2, 0.25) is 0 Å². The lowest BCUT2D eigenvalue weighted by atomic mass is 10.0. The van der Waals surface area contributed by atoms with Crippen molar-refractivity contribution < 1.29 is 18.7 Å². The maximum Gasteiger partial charge on any atom is 0.258 e. The number of ether oxygens (including phenoxy) is 2. The molecule has 1 amide bonds. The van der Waals surface area contributed by atoms with E-state index in [0.717, 1.165) is 15.8 Å². The summed E-state index contributed by atoms with van der Waals surface area (Å²) in [5.74, 6) is -0.0224. The maximum atomic E-state index is 13.7. The fraction of sp³-hybridized carbons (Fsp3) is 0.235. The molecule has 1 unspecified atom stereocenters. The van der Waals surface area contributed by atoms with Crippen molar-refractivity contribution in [2.24, 2.45) is 0 Å². The lowest BCUT2D eigenvalue weighted by Gasteiger charge is -2.27. The van der Waals surface area contributed by atoms with Crippen LogP contribution < -0.4 is 14.8 Å². The zero-order valence-electron chi connectivity index (χ0n) is 12.5. The van der Waals surface area contributed by atoms with Gasteiger partial charge in [0.25, 0.3) is 5.91 Å². The predicted octanol–water partition coefficient (Wildman–Crippen LogP) is 4.37. The minimum atomic E-state index is -0.516. The van der Waals surface area contributed by atoms with Gasteiger partial charge >= 0.3 is 0 Å². The average molecular weight is 459 g/mol. The van der Waals surface area contributed by atoms with Crippen molar-refractivity contribution in [1.29, 1.82) is 0 Å². The van der Waals surface area contributed by atoms with Crippen LogP contribution in [0.2, 0.25) is 0 Å². The van der Waals surface area contributed by atoms with Crippen LogP contribution in [0.1, 0.15) is 18.0 Å². The van der Waals surface area contributed by atoms with Crippen LogP contribution in [0.25, 0.3) is 0 Å². The number of carbonyl (C=O) groups excluding carboxylic acids is 1.